The molecule has 1 aromatic carbocycles. The Hall–Kier alpha value is -1.26. The Morgan fingerprint density at radius 1 is 1.60 bits per heavy atom. The Morgan fingerprint density at radius 3 is 2.93 bits per heavy atom. The minimum atomic E-state index is -0.588. The molecule has 4 nitrogen and oxygen atoms in total. The maximum Gasteiger partial charge on any atom is 0.412 e. The van der Waals surface area contributed by atoms with E-state index in [9.17, 15) is 4.79 Å². The van der Waals surface area contributed by atoms with Gasteiger partial charge in [0.25, 0.3) is 0 Å². The lowest BCUT2D eigenvalue weighted by atomic mass is 10.2. The maximum absolute atomic E-state index is 11.1. The van der Waals surface area contributed by atoms with Crippen LogP contribution in [0.5, 0.6) is 5.75 Å². The minimum Gasteiger partial charge on any atom is -0.410 e. The standard InChI is InChI=1S/C10H12ClNO3/c1-7-6-8(11)2-3-9(7)15-10(14)12-4-5-13/h2-3,6,13H,4-5H2,1H3,(H,12,14). The number of benzene rings is 1. The normalized spacial score (nSPS) is 9.80. The van der Waals surface area contributed by atoms with Crippen molar-refractivity contribution in [2.45, 2.75) is 6.92 Å². The molecule has 0 atom stereocenters. The van der Waals surface area contributed by atoms with Crippen molar-refractivity contribution in [2.24, 2.45) is 0 Å². The van der Waals surface area contributed by atoms with Crippen molar-refractivity contribution < 1.29 is 14.6 Å². The van der Waals surface area contributed by atoms with Crippen LogP contribution in [0.25, 0.3) is 0 Å². The molecule has 0 heterocycles. The first kappa shape index (κ1) is 11.8. The molecule has 1 amide bonds. The van der Waals surface area contributed by atoms with E-state index >= 15 is 0 Å². The van der Waals surface area contributed by atoms with Gasteiger partial charge in [0.05, 0.1) is 6.61 Å². The van der Waals surface area contributed by atoms with E-state index in [-0.39, 0.29) is 13.2 Å². The topological polar surface area (TPSA) is 58.6 Å². The molecule has 0 aromatic heterocycles. The fourth-order valence-electron chi connectivity index (χ4n) is 1.02. The summed E-state index contributed by atoms with van der Waals surface area (Å²) < 4.78 is 4.98. The van der Waals surface area contributed by atoms with E-state index in [1.165, 1.54) is 0 Å². The van der Waals surface area contributed by atoms with Gasteiger partial charge in [-0.2, -0.15) is 0 Å². The summed E-state index contributed by atoms with van der Waals surface area (Å²) in [6.07, 6.45) is -0.588. The van der Waals surface area contributed by atoms with E-state index in [2.05, 4.69) is 5.32 Å². The predicted molar refractivity (Wildman–Crippen MR) is 57.3 cm³/mol. The van der Waals surface area contributed by atoms with Crippen molar-refractivity contribution >= 4 is 17.7 Å². The Balaban J connectivity index is 2.60. The van der Waals surface area contributed by atoms with Crippen molar-refractivity contribution in [1.29, 1.82) is 0 Å². The zero-order valence-corrected chi connectivity index (χ0v) is 9.04. The molecule has 0 fully saturated rings. The quantitative estimate of drug-likeness (QED) is 0.830. The van der Waals surface area contributed by atoms with Gasteiger partial charge < -0.3 is 15.2 Å². The van der Waals surface area contributed by atoms with Crippen LogP contribution in [0.2, 0.25) is 5.02 Å². The molecule has 0 aliphatic carbocycles. The average Bonchev–Trinajstić information content (AvgIpc) is 2.19. The summed E-state index contributed by atoms with van der Waals surface area (Å²) in [6.45, 7) is 1.85. The van der Waals surface area contributed by atoms with Gasteiger partial charge in [-0.1, -0.05) is 11.6 Å². The largest absolute Gasteiger partial charge is 0.412 e. The van der Waals surface area contributed by atoms with Gasteiger partial charge in [0, 0.05) is 11.6 Å². The predicted octanol–water partition coefficient (Wildman–Crippen LogP) is 1.73. The molecule has 15 heavy (non-hydrogen) atoms. The van der Waals surface area contributed by atoms with Gasteiger partial charge in [0.2, 0.25) is 0 Å². The van der Waals surface area contributed by atoms with Crippen molar-refractivity contribution in [3.05, 3.63) is 28.8 Å². The summed E-state index contributed by atoms with van der Waals surface area (Å²) in [5.74, 6) is 0.454. The Kier molecular flexibility index (Phi) is 4.39. The third-order valence-electron chi connectivity index (χ3n) is 1.72. The molecule has 0 spiro atoms. The fraction of sp³-hybridized carbons (Fsp3) is 0.300. The van der Waals surface area contributed by atoms with Crippen LogP contribution >= 0.6 is 11.6 Å². The number of halogens is 1. The lowest BCUT2D eigenvalue weighted by Crippen LogP contribution is -2.29. The van der Waals surface area contributed by atoms with E-state index in [0.717, 1.165) is 5.56 Å². The molecule has 5 heteroatoms. The number of rotatable bonds is 3. The number of hydrogen-bond acceptors (Lipinski definition) is 3. The molecule has 0 radical (unpaired) electrons. The van der Waals surface area contributed by atoms with Crippen LogP contribution in [0.3, 0.4) is 0 Å². The van der Waals surface area contributed by atoms with Crippen LogP contribution < -0.4 is 10.1 Å². The SMILES string of the molecule is Cc1cc(Cl)ccc1OC(=O)NCCO. The molecule has 1 rings (SSSR count). The molecule has 0 aliphatic rings. The first-order chi connectivity index (χ1) is 7.13. The molecule has 0 saturated carbocycles. The van der Waals surface area contributed by atoms with Crippen LogP contribution in [-0.2, 0) is 0 Å². The third-order valence-corrected chi connectivity index (χ3v) is 1.96. The highest BCUT2D eigenvalue weighted by Crippen LogP contribution is 2.21. The lowest BCUT2D eigenvalue weighted by molar-refractivity contribution is 0.195. The van der Waals surface area contributed by atoms with Gasteiger partial charge in [-0.25, -0.2) is 4.79 Å². The smallest absolute Gasteiger partial charge is 0.410 e. The number of aryl methyl sites for hydroxylation is 1. The fourth-order valence-corrected chi connectivity index (χ4v) is 1.25. The average molecular weight is 230 g/mol. The zero-order valence-electron chi connectivity index (χ0n) is 8.29. The summed E-state index contributed by atoms with van der Waals surface area (Å²) in [4.78, 5) is 11.1. The molecule has 0 unspecified atom stereocenters. The molecule has 82 valence electrons. The van der Waals surface area contributed by atoms with Gasteiger partial charge in [0.1, 0.15) is 5.75 Å². The zero-order chi connectivity index (χ0) is 11.3. The van der Waals surface area contributed by atoms with Gasteiger partial charge in [0.15, 0.2) is 0 Å². The summed E-state index contributed by atoms with van der Waals surface area (Å²) in [7, 11) is 0. The summed E-state index contributed by atoms with van der Waals surface area (Å²) >= 11 is 5.75. The van der Waals surface area contributed by atoms with Crippen molar-refractivity contribution in [3.8, 4) is 5.75 Å². The lowest BCUT2D eigenvalue weighted by Gasteiger charge is -2.07. The van der Waals surface area contributed by atoms with Crippen molar-refractivity contribution in [3.63, 3.8) is 0 Å². The number of ether oxygens (including phenoxy) is 1. The molecule has 0 aliphatic heterocycles. The number of amides is 1. The molecular formula is C10H12ClNO3. The number of carbonyl (C=O) groups excluding carboxylic acids is 1. The second-order valence-corrected chi connectivity index (χ2v) is 3.39. The number of aliphatic hydroxyl groups excluding tert-OH is 1. The van der Waals surface area contributed by atoms with Crippen LogP contribution in [0.4, 0.5) is 4.79 Å². The highest BCUT2D eigenvalue weighted by molar-refractivity contribution is 6.30. The van der Waals surface area contributed by atoms with E-state index in [1.807, 2.05) is 0 Å². The summed E-state index contributed by atoms with van der Waals surface area (Å²) in [6, 6.07) is 4.97. The Labute approximate surface area is 92.8 Å². The monoisotopic (exact) mass is 229 g/mol. The van der Waals surface area contributed by atoms with Crippen LogP contribution in [0.1, 0.15) is 5.56 Å². The Morgan fingerprint density at radius 2 is 2.33 bits per heavy atom. The van der Waals surface area contributed by atoms with Gasteiger partial charge in [-0.3, -0.25) is 0 Å². The van der Waals surface area contributed by atoms with Crippen LogP contribution in [0, 0.1) is 6.92 Å². The summed E-state index contributed by atoms with van der Waals surface area (Å²) in [5, 5.41) is 11.5. The first-order valence-electron chi connectivity index (χ1n) is 4.46. The first-order valence-corrected chi connectivity index (χ1v) is 4.84. The molecule has 1 aromatic rings. The second-order valence-electron chi connectivity index (χ2n) is 2.95. The minimum absolute atomic E-state index is 0.116. The highest BCUT2D eigenvalue weighted by Gasteiger charge is 2.06. The van der Waals surface area contributed by atoms with E-state index in [1.54, 1.807) is 25.1 Å². The van der Waals surface area contributed by atoms with Crippen molar-refractivity contribution in [2.75, 3.05) is 13.2 Å². The number of aliphatic hydroxyl groups is 1. The molecule has 0 saturated heterocycles. The third kappa shape index (κ3) is 3.77. The molecule has 2 N–H and O–H groups in total. The highest BCUT2D eigenvalue weighted by atomic mass is 35.5. The molecule has 0 bridgehead atoms. The van der Waals surface area contributed by atoms with E-state index in [0.29, 0.717) is 10.8 Å². The van der Waals surface area contributed by atoms with Gasteiger partial charge in [-0.15, -0.1) is 0 Å². The van der Waals surface area contributed by atoms with E-state index in [4.69, 9.17) is 21.4 Å². The van der Waals surface area contributed by atoms with E-state index < -0.39 is 6.09 Å². The van der Waals surface area contributed by atoms with Crippen LogP contribution in [0.15, 0.2) is 18.2 Å². The maximum atomic E-state index is 11.1. The Bertz CT molecular complexity index is 355. The number of carbonyl (C=O) groups is 1. The number of nitrogens with one attached hydrogen (secondary N) is 1. The second kappa shape index (κ2) is 5.58. The number of hydrogen-bond donors (Lipinski definition) is 2. The van der Waals surface area contributed by atoms with Gasteiger partial charge >= 0.3 is 6.09 Å². The van der Waals surface area contributed by atoms with Crippen LogP contribution in [-0.4, -0.2) is 24.4 Å². The summed E-state index contributed by atoms with van der Waals surface area (Å²) in [5.41, 5.74) is 0.779. The molecular weight excluding hydrogens is 218 g/mol. The van der Waals surface area contributed by atoms with Gasteiger partial charge in [-0.05, 0) is 30.7 Å². The van der Waals surface area contributed by atoms with Crippen molar-refractivity contribution in [1.82, 2.24) is 5.32 Å².